The number of hydrazine groups is 1. The topological polar surface area (TPSA) is 78.8 Å². The van der Waals surface area contributed by atoms with Crippen LogP contribution in [0.1, 0.15) is 6.42 Å². The van der Waals surface area contributed by atoms with E-state index in [1.807, 2.05) is 0 Å². The normalized spacial score (nSPS) is 16.7. The van der Waals surface area contributed by atoms with Crippen molar-refractivity contribution in [3.05, 3.63) is 60.4 Å². The van der Waals surface area contributed by atoms with Gasteiger partial charge in [0.1, 0.15) is 11.7 Å². The molecule has 0 saturated carbocycles. The summed E-state index contributed by atoms with van der Waals surface area (Å²) in [5.41, 5.74) is 3.26. The van der Waals surface area contributed by atoms with E-state index in [2.05, 4.69) is 9.82 Å². The molecule has 0 unspecified atom stereocenters. The van der Waals surface area contributed by atoms with Crippen molar-refractivity contribution in [1.29, 1.82) is 0 Å². The van der Waals surface area contributed by atoms with Gasteiger partial charge < -0.3 is 0 Å². The molecule has 0 bridgehead atoms. The number of para-hydroxylation sites is 1. The maximum absolute atomic E-state index is 12.9. The molecule has 1 heterocycles. The number of amidine groups is 1. The van der Waals surface area contributed by atoms with Crippen LogP contribution >= 0.6 is 0 Å². The Morgan fingerprint density at radius 1 is 1.04 bits per heavy atom. The molecular formula is C15H12FN3O3S. The van der Waals surface area contributed by atoms with Crippen LogP contribution in [-0.2, 0) is 14.8 Å². The lowest BCUT2D eigenvalue weighted by atomic mass is 10.3. The van der Waals surface area contributed by atoms with Gasteiger partial charge in [-0.05, 0) is 36.4 Å². The monoisotopic (exact) mass is 333 g/mol. The highest BCUT2D eigenvalue weighted by Crippen LogP contribution is 2.18. The lowest BCUT2D eigenvalue weighted by molar-refractivity contribution is -0.116. The predicted molar refractivity (Wildman–Crippen MR) is 82.7 cm³/mol. The standard InChI is InChI=1S/C15H12FN3O3S/c16-11-6-8-13(9-7-11)23(21,22)18-14-10-15(20)19(17-14)12-4-2-1-3-5-12/h1-9H,10H2,(H,17,18). The summed E-state index contributed by atoms with van der Waals surface area (Å²) < 4.78 is 40.8. The minimum Gasteiger partial charge on any atom is -0.277 e. The number of rotatable bonds is 3. The zero-order valence-corrected chi connectivity index (χ0v) is 12.6. The number of halogens is 1. The number of carbonyl (C=O) groups is 1. The zero-order valence-electron chi connectivity index (χ0n) is 11.8. The molecule has 2 aromatic rings. The second kappa shape index (κ2) is 5.81. The number of carbonyl (C=O) groups excluding carboxylic acids is 1. The van der Waals surface area contributed by atoms with Crippen molar-refractivity contribution in [2.75, 3.05) is 5.01 Å². The number of hydrogen-bond acceptors (Lipinski definition) is 3. The first-order valence-corrected chi connectivity index (χ1v) is 8.14. The molecule has 0 radical (unpaired) electrons. The predicted octanol–water partition coefficient (Wildman–Crippen LogP) is 1.85. The summed E-state index contributed by atoms with van der Waals surface area (Å²) in [6.45, 7) is 0. The van der Waals surface area contributed by atoms with Crippen molar-refractivity contribution in [1.82, 2.24) is 5.43 Å². The van der Waals surface area contributed by atoms with Crippen LogP contribution in [0.2, 0.25) is 0 Å². The first kappa shape index (κ1) is 15.2. The van der Waals surface area contributed by atoms with E-state index >= 15 is 0 Å². The molecule has 118 valence electrons. The molecule has 0 aliphatic carbocycles. The Kier molecular flexibility index (Phi) is 3.83. The fourth-order valence-corrected chi connectivity index (χ4v) is 3.08. The fraction of sp³-hybridized carbons (Fsp3) is 0.0667. The molecule has 23 heavy (non-hydrogen) atoms. The smallest absolute Gasteiger partial charge is 0.277 e. The van der Waals surface area contributed by atoms with Gasteiger partial charge in [-0.2, -0.15) is 8.42 Å². The number of benzene rings is 2. The van der Waals surface area contributed by atoms with Crippen LogP contribution in [0.15, 0.2) is 63.9 Å². The third-order valence-corrected chi connectivity index (χ3v) is 4.49. The van der Waals surface area contributed by atoms with Crippen molar-refractivity contribution in [2.24, 2.45) is 4.40 Å². The van der Waals surface area contributed by atoms with E-state index in [4.69, 9.17) is 0 Å². The van der Waals surface area contributed by atoms with E-state index in [1.165, 1.54) is 5.01 Å². The van der Waals surface area contributed by atoms with E-state index in [1.54, 1.807) is 30.3 Å². The van der Waals surface area contributed by atoms with E-state index in [0.717, 1.165) is 24.3 Å². The summed E-state index contributed by atoms with van der Waals surface area (Å²) in [5, 5.41) is 1.24. The Morgan fingerprint density at radius 3 is 2.35 bits per heavy atom. The molecule has 1 aliphatic heterocycles. The number of anilines is 1. The number of sulfonamides is 1. The van der Waals surface area contributed by atoms with Crippen molar-refractivity contribution >= 4 is 27.5 Å². The molecule has 1 aliphatic rings. The van der Waals surface area contributed by atoms with Gasteiger partial charge in [0, 0.05) is 0 Å². The first-order valence-electron chi connectivity index (χ1n) is 6.70. The average molecular weight is 333 g/mol. The molecule has 8 heteroatoms. The van der Waals surface area contributed by atoms with E-state index in [9.17, 15) is 17.6 Å². The van der Waals surface area contributed by atoms with Gasteiger partial charge in [0.2, 0.25) is 0 Å². The molecule has 1 N–H and O–H groups in total. The van der Waals surface area contributed by atoms with Crippen molar-refractivity contribution in [3.8, 4) is 0 Å². The molecule has 6 nitrogen and oxygen atoms in total. The Bertz CT molecular complexity index is 865. The van der Waals surface area contributed by atoms with Crippen LogP contribution in [-0.4, -0.2) is 20.2 Å². The SMILES string of the molecule is O=C1C/C(=N/S(=O)(=O)c2ccc(F)cc2)NN1c1ccccc1. The highest BCUT2D eigenvalue weighted by molar-refractivity contribution is 7.90. The lowest BCUT2D eigenvalue weighted by Gasteiger charge is -2.15. The lowest BCUT2D eigenvalue weighted by Crippen LogP contribution is -2.36. The van der Waals surface area contributed by atoms with Crippen LogP contribution < -0.4 is 10.4 Å². The highest BCUT2D eigenvalue weighted by Gasteiger charge is 2.28. The molecule has 1 amide bonds. The molecule has 1 fully saturated rings. The summed E-state index contributed by atoms with van der Waals surface area (Å²) in [6, 6.07) is 13.1. The van der Waals surface area contributed by atoms with Crippen LogP contribution in [0.3, 0.4) is 0 Å². The van der Waals surface area contributed by atoms with Gasteiger partial charge >= 0.3 is 0 Å². The summed E-state index contributed by atoms with van der Waals surface area (Å²) in [4.78, 5) is 11.9. The summed E-state index contributed by atoms with van der Waals surface area (Å²) in [7, 11) is -4.01. The van der Waals surface area contributed by atoms with Gasteiger partial charge in [0.15, 0.2) is 0 Å². The minimum atomic E-state index is -4.01. The molecular weight excluding hydrogens is 321 g/mol. The van der Waals surface area contributed by atoms with E-state index < -0.39 is 15.8 Å². The Hall–Kier alpha value is -2.74. The largest absolute Gasteiger partial charge is 0.284 e. The van der Waals surface area contributed by atoms with E-state index in [0.29, 0.717) is 5.69 Å². The molecule has 2 aromatic carbocycles. The number of hydrogen-bond donors (Lipinski definition) is 1. The van der Waals surface area contributed by atoms with Crippen LogP contribution in [0.25, 0.3) is 0 Å². The average Bonchev–Trinajstić information content (AvgIpc) is 2.88. The highest BCUT2D eigenvalue weighted by atomic mass is 32.2. The third kappa shape index (κ3) is 3.21. The number of nitrogens with one attached hydrogen (secondary N) is 1. The first-order chi connectivity index (χ1) is 11.0. The van der Waals surface area contributed by atoms with Crippen molar-refractivity contribution in [2.45, 2.75) is 11.3 Å². The van der Waals surface area contributed by atoms with Crippen molar-refractivity contribution < 1.29 is 17.6 Å². The Labute approximate surface area is 132 Å². The number of nitrogens with zero attached hydrogens (tertiary/aromatic N) is 2. The van der Waals surface area contributed by atoms with Gasteiger partial charge in [-0.25, -0.2) is 9.40 Å². The van der Waals surface area contributed by atoms with Crippen molar-refractivity contribution in [3.63, 3.8) is 0 Å². The van der Waals surface area contributed by atoms with Gasteiger partial charge in [0.05, 0.1) is 17.0 Å². The fourth-order valence-electron chi connectivity index (χ4n) is 2.10. The van der Waals surface area contributed by atoms with Gasteiger partial charge in [0.25, 0.3) is 15.9 Å². The second-order valence-corrected chi connectivity index (χ2v) is 6.42. The minimum absolute atomic E-state index is 0.0168. The Morgan fingerprint density at radius 2 is 1.70 bits per heavy atom. The Balaban J connectivity index is 1.86. The van der Waals surface area contributed by atoms with E-state index in [-0.39, 0.29) is 23.1 Å². The van der Waals surface area contributed by atoms with Gasteiger partial charge in [-0.3, -0.25) is 10.2 Å². The molecule has 3 rings (SSSR count). The quantitative estimate of drug-likeness (QED) is 0.930. The third-order valence-electron chi connectivity index (χ3n) is 3.17. The maximum Gasteiger partial charge on any atom is 0.284 e. The van der Waals surface area contributed by atoms with Crippen LogP contribution in [0, 0.1) is 5.82 Å². The molecule has 0 spiro atoms. The van der Waals surface area contributed by atoms with Gasteiger partial charge in [-0.15, -0.1) is 4.40 Å². The van der Waals surface area contributed by atoms with Crippen LogP contribution in [0.4, 0.5) is 10.1 Å². The van der Waals surface area contributed by atoms with Crippen LogP contribution in [0.5, 0.6) is 0 Å². The zero-order chi connectivity index (χ0) is 16.4. The summed E-state index contributed by atoms with van der Waals surface area (Å²) in [5.74, 6) is -0.839. The van der Waals surface area contributed by atoms with Gasteiger partial charge in [-0.1, -0.05) is 18.2 Å². The summed E-state index contributed by atoms with van der Waals surface area (Å²) >= 11 is 0. The second-order valence-electron chi connectivity index (χ2n) is 4.82. The molecule has 0 atom stereocenters. The summed E-state index contributed by atoms with van der Waals surface area (Å²) in [6.07, 6.45) is -0.157. The maximum atomic E-state index is 12.9. The number of amides is 1. The molecule has 1 saturated heterocycles. The molecule has 0 aromatic heterocycles.